The molecule has 0 saturated carbocycles. The maximum Gasteiger partial charge on any atom is 0.242 e. The average molecular weight is 185 g/mol. The number of carbonyl (C=O) groups is 1. The van der Waals surface area contributed by atoms with E-state index in [0.717, 1.165) is 5.13 Å². The minimum absolute atomic E-state index is 0.0208. The summed E-state index contributed by atoms with van der Waals surface area (Å²) < 4.78 is 0. The van der Waals surface area contributed by atoms with Crippen molar-refractivity contribution in [3.63, 3.8) is 0 Å². The second kappa shape index (κ2) is 4.18. The molecule has 0 saturated heterocycles. The molecule has 0 unspecified atom stereocenters. The number of amides is 1. The molecule has 0 aliphatic carbocycles. The molecule has 0 bridgehead atoms. The molecular weight excluding hydrogens is 174 g/mol. The molecule has 12 heavy (non-hydrogen) atoms. The fraction of sp³-hybridized carbons (Fsp3) is 0.429. The van der Waals surface area contributed by atoms with Gasteiger partial charge in [0.05, 0.1) is 6.54 Å². The molecular formula is C7H11N3OS. The van der Waals surface area contributed by atoms with Crippen molar-refractivity contribution < 1.29 is 4.79 Å². The van der Waals surface area contributed by atoms with Crippen LogP contribution in [0.1, 0.15) is 0 Å². The average Bonchev–Trinajstić information content (AvgIpc) is 2.55. The van der Waals surface area contributed by atoms with Gasteiger partial charge in [0.1, 0.15) is 0 Å². The van der Waals surface area contributed by atoms with Gasteiger partial charge in [-0.05, 0) is 7.05 Å². The molecule has 0 aromatic carbocycles. The largest absolute Gasteiger partial charge is 0.311 e. The Morgan fingerprint density at radius 3 is 3.08 bits per heavy atom. The third-order valence-corrected chi connectivity index (χ3v) is 2.26. The fourth-order valence-electron chi connectivity index (χ4n) is 0.758. The van der Waals surface area contributed by atoms with Gasteiger partial charge in [-0.2, -0.15) is 0 Å². The zero-order valence-electron chi connectivity index (χ0n) is 7.07. The highest BCUT2D eigenvalue weighted by Crippen LogP contribution is 2.14. The zero-order valence-corrected chi connectivity index (χ0v) is 7.89. The number of likely N-dealkylation sites (N-methyl/N-ethyl adjacent to an activating group) is 2. The van der Waals surface area contributed by atoms with Crippen molar-refractivity contribution in [2.75, 3.05) is 25.5 Å². The van der Waals surface area contributed by atoms with Gasteiger partial charge in [-0.1, -0.05) is 0 Å². The first kappa shape index (κ1) is 9.15. The number of hydrogen-bond donors (Lipinski definition) is 1. The second-order valence-electron chi connectivity index (χ2n) is 2.30. The van der Waals surface area contributed by atoms with E-state index in [4.69, 9.17) is 0 Å². The summed E-state index contributed by atoms with van der Waals surface area (Å²) in [5.74, 6) is 0.0208. The van der Waals surface area contributed by atoms with Crippen LogP contribution in [0.25, 0.3) is 0 Å². The van der Waals surface area contributed by atoms with Crippen molar-refractivity contribution in [2.24, 2.45) is 0 Å². The Hall–Kier alpha value is -0.940. The summed E-state index contributed by atoms with van der Waals surface area (Å²) in [6.07, 6.45) is 1.68. The standard InChI is InChI=1S/C7H11N3OS/c1-8-5-6(11)10(2)7-9-3-4-12-7/h3-4,8H,5H2,1-2H3. The first-order valence-corrected chi connectivity index (χ1v) is 4.44. The Labute approximate surface area is 75.2 Å². The number of thiazole rings is 1. The molecule has 5 heteroatoms. The molecule has 0 radical (unpaired) electrons. The molecule has 4 nitrogen and oxygen atoms in total. The maximum atomic E-state index is 11.3. The van der Waals surface area contributed by atoms with Gasteiger partial charge >= 0.3 is 0 Å². The van der Waals surface area contributed by atoms with Crippen LogP contribution in [0.3, 0.4) is 0 Å². The Morgan fingerprint density at radius 2 is 2.58 bits per heavy atom. The van der Waals surface area contributed by atoms with Crippen LogP contribution in [0.2, 0.25) is 0 Å². The Balaban J connectivity index is 2.59. The van der Waals surface area contributed by atoms with Gasteiger partial charge in [0.25, 0.3) is 0 Å². The van der Waals surface area contributed by atoms with Crippen molar-refractivity contribution in [1.29, 1.82) is 0 Å². The summed E-state index contributed by atoms with van der Waals surface area (Å²) in [5.41, 5.74) is 0. The van der Waals surface area contributed by atoms with Gasteiger partial charge in [-0.3, -0.25) is 9.69 Å². The molecule has 66 valence electrons. The minimum atomic E-state index is 0.0208. The second-order valence-corrected chi connectivity index (χ2v) is 3.17. The molecule has 0 aliphatic heterocycles. The van der Waals surface area contributed by atoms with Crippen molar-refractivity contribution in [3.05, 3.63) is 11.6 Å². The summed E-state index contributed by atoms with van der Waals surface area (Å²) in [6.45, 7) is 0.343. The molecule has 1 rings (SSSR count). The van der Waals surface area contributed by atoms with E-state index in [2.05, 4.69) is 10.3 Å². The molecule has 0 fully saturated rings. The zero-order chi connectivity index (χ0) is 8.97. The summed E-state index contributed by atoms with van der Waals surface area (Å²) in [7, 11) is 3.46. The lowest BCUT2D eigenvalue weighted by molar-refractivity contribution is -0.117. The highest BCUT2D eigenvalue weighted by molar-refractivity contribution is 7.13. The van der Waals surface area contributed by atoms with Gasteiger partial charge in [-0.15, -0.1) is 11.3 Å². The number of rotatable bonds is 3. The SMILES string of the molecule is CNCC(=O)N(C)c1nccs1. The fourth-order valence-corrected chi connectivity index (χ4v) is 1.38. The van der Waals surface area contributed by atoms with Crippen LogP contribution >= 0.6 is 11.3 Å². The number of nitrogens with zero attached hydrogens (tertiary/aromatic N) is 2. The predicted molar refractivity (Wildman–Crippen MR) is 49.5 cm³/mol. The molecule has 1 N–H and O–H groups in total. The highest BCUT2D eigenvalue weighted by atomic mass is 32.1. The Morgan fingerprint density at radius 1 is 1.83 bits per heavy atom. The van der Waals surface area contributed by atoms with Crippen molar-refractivity contribution in [2.45, 2.75) is 0 Å². The van der Waals surface area contributed by atoms with Crippen LogP contribution in [0.15, 0.2) is 11.6 Å². The summed E-state index contributed by atoms with van der Waals surface area (Å²) in [4.78, 5) is 16.8. The predicted octanol–water partition coefficient (Wildman–Crippen LogP) is 0.325. The molecule has 1 aromatic rings. The molecule has 0 aliphatic rings. The van der Waals surface area contributed by atoms with Crippen LogP contribution in [-0.2, 0) is 4.79 Å². The van der Waals surface area contributed by atoms with Gasteiger partial charge in [0.15, 0.2) is 5.13 Å². The Kier molecular flexibility index (Phi) is 3.19. The van der Waals surface area contributed by atoms with Crippen molar-refractivity contribution in [3.8, 4) is 0 Å². The van der Waals surface area contributed by atoms with Crippen LogP contribution in [-0.4, -0.2) is 31.5 Å². The third kappa shape index (κ3) is 2.02. The van der Waals surface area contributed by atoms with Crippen LogP contribution in [0, 0.1) is 0 Å². The summed E-state index contributed by atoms with van der Waals surface area (Å²) in [5, 5.41) is 5.37. The molecule has 1 amide bonds. The van der Waals surface area contributed by atoms with Crippen molar-refractivity contribution >= 4 is 22.4 Å². The summed E-state index contributed by atoms with van der Waals surface area (Å²) in [6, 6.07) is 0. The minimum Gasteiger partial charge on any atom is -0.311 e. The van der Waals surface area contributed by atoms with Crippen LogP contribution in [0.5, 0.6) is 0 Å². The number of carbonyl (C=O) groups excluding carboxylic acids is 1. The van der Waals surface area contributed by atoms with Gasteiger partial charge in [-0.25, -0.2) is 4.98 Å². The topological polar surface area (TPSA) is 45.2 Å². The van der Waals surface area contributed by atoms with E-state index in [-0.39, 0.29) is 5.91 Å². The third-order valence-electron chi connectivity index (χ3n) is 1.41. The van der Waals surface area contributed by atoms with Crippen LogP contribution in [0.4, 0.5) is 5.13 Å². The first-order chi connectivity index (χ1) is 5.75. The van der Waals surface area contributed by atoms with Gasteiger partial charge < -0.3 is 5.32 Å². The first-order valence-electron chi connectivity index (χ1n) is 3.56. The van der Waals surface area contributed by atoms with E-state index in [9.17, 15) is 4.79 Å². The van der Waals surface area contributed by atoms with Crippen molar-refractivity contribution in [1.82, 2.24) is 10.3 Å². The van der Waals surface area contributed by atoms with Gasteiger partial charge in [0, 0.05) is 18.6 Å². The quantitative estimate of drug-likeness (QED) is 0.738. The molecule has 1 heterocycles. The number of nitrogens with one attached hydrogen (secondary N) is 1. The van der Waals surface area contributed by atoms with Crippen LogP contribution < -0.4 is 10.2 Å². The van der Waals surface area contributed by atoms with E-state index in [0.29, 0.717) is 6.54 Å². The molecule has 0 atom stereocenters. The van der Waals surface area contributed by atoms with E-state index >= 15 is 0 Å². The smallest absolute Gasteiger partial charge is 0.242 e. The number of hydrogen-bond acceptors (Lipinski definition) is 4. The maximum absolute atomic E-state index is 11.3. The van der Waals surface area contributed by atoms with E-state index in [1.165, 1.54) is 11.3 Å². The Bertz CT molecular complexity index is 247. The molecule has 0 spiro atoms. The van der Waals surface area contributed by atoms with E-state index in [1.54, 1.807) is 25.2 Å². The normalized spacial score (nSPS) is 9.83. The lowest BCUT2D eigenvalue weighted by Crippen LogP contribution is -2.33. The molecule has 1 aromatic heterocycles. The highest BCUT2D eigenvalue weighted by Gasteiger charge is 2.10. The lowest BCUT2D eigenvalue weighted by Gasteiger charge is -2.12. The monoisotopic (exact) mass is 185 g/mol. The van der Waals surface area contributed by atoms with E-state index < -0.39 is 0 Å². The number of aromatic nitrogens is 1. The summed E-state index contributed by atoms with van der Waals surface area (Å²) >= 11 is 1.45. The lowest BCUT2D eigenvalue weighted by atomic mass is 10.5. The number of anilines is 1. The van der Waals surface area contributed by atoms with Gasteiger partial charge in [0.2, 0.25) is 5.91 Å². The van der Waals surface area contributed by atoms with E-state index in [1.807, 2.05) is 5.38 Å².